The van der Waals surface area contributed by atoms with E-state index in [4.69, 9.17) is 5.26 Å². The van der Waals surface area contributed by atoms with Gasteiger partial charge in [0, 0.05) is 23.8 Å². The van der Waals surface area contributed by atoms with Gasteiger partial charge in [-0.3, -0.25) is 0 Å². The number of hydrogen-bond acceptors (Lipinski definition) is 3. The van der Waals surface area contributed by atoms with Crippen molar-refractivity contribution in [3.63, 3.8) is 0 Å². The van der Waals surface area contributed by atoms with Gasteiger partial charge in [-0.15, -0.1) is 0 Å². The van der Waals surface area contributed by atoms with Crippen molar-refractivity contribution in [2.45, 2.75) is 17.2 Å². The molecule has 0 unspecified atom stereocenters. The number of rotatable bonds is 4. The van der Waals surface area contributed by atoms with Crippen LogP contribution in [-0.2, 0) is 12.2 Å². The minimum Gasteiger partial charge on any atom is -0.316 e. The van der Waals surface area contributed by atoms with Crippen molar-refractivity contribution in [1.29, 1.82) is 5.26 Å². The van der Waals surface area contributed by atoms with Crippen LogP contribution in [0.15, 0.2) is 59.9 Å². The van der Waals surface area contributed by atoms with Gasteiger partial charge in [0.15, 0.2) is 0 Å². The van der Waals surface area contributed by atoms with Crippen LogP contribution in [0.1, 0.15) is 11.3 Å². The van der Waals surface area contributed by atoms with Gasteiger partial charge in [-0.2, -0.15) is 5.26 Å². The average molecular weight is 279 g/mol. The van der Waals surface area contributed by atoms with Crippen LogP contribution in [0.5, 0.6) is 0 Å². The molecule has 0 radical (unpaired) electrons. The van der Waals surface area contributed by atoms with E-state index in [9.17, 15) is 0 Å². The lowest BCUT2D eigenvalue weighted by Gasteiger charge is -2.05. The first-order valence-corrected chi connectivity index (χ1v) is 7.35. The van der Waals surface area contributed by atoms with E-state index in [2.05, 4.69) is 23.2 Å². The lowest BCUT2D eigenvalue weighted by molar-refractivity contribution is 0.991. The fraction of sp³-hybridized carbons (Fsp3) is 0.125. The molecule has 3 rings (SSSR count). The molecule has 4 heteroatoms. The quantitative estimate of drug-likeness (QED) is 0.684. The number of nitrogens with zero attached hydrogens (tertiary/aromatic N) is 3. The highest BCUT2D eigenvalue weighted by atomic mass is 32.2. The van der Waals surface area contributed by atoms with Crippen molar-refractivity contribution >= 4 is 17.3 Å². The second-order valence-electron chi connectivity index (χ2n) is 4.42. The maximum atomic E-state index is 8.83. The molecule has 0 saturated carbocycles. The highest BCUT2D eigenvalue weighted by Crippen LogP contribution is 2.26. The molecule has 0 aliphatic heterocycles. The Bertz CT molecular complexity index is 756. The predicted molar refractivity (Wildman–Crippen MR) is 80.5 cm³/mol. The standard InChI is InChI=1S/C16H13N3S/c17-9-8-14-6-7-15-16(18-10-11-19(14)15)20-12-13-4-2-1-3-5-13/h1-7,10-11H,8,12H2. The van der Waals surface area contributed by atoms with E-state index in [0.717, 1.165) is 22.0 Å². The lowest BCUT2D eigenvalue weighted by atomic mass is 10.2. The van der Waals surface area contributed by atoms with Crippen LogP contribution >= 0.6 is 11.8 Å². The Morgan fingerprint density at radius 3 is 2.80 bits per heavy atom. The third kappa shape index (κ3) is 2.54. The molecule has 0 saturated heterocycles. The van der Waals surface area contributed by atoms with Crippen LogP contribution < -0.4 is 0 Å². The van der Waals surface area contributed by atoms with Crippen LogP contribution in [0, 0.1) is 11.3 Å². The number of thioether (sulfide) groups is 1. The van der Waals surface area contributed by atoms with Crippen molar-refractivity contribution in [3.05, 3.63) is 66.1 Å². The van der Waals surface area contributed by atoms with Gasteiger partial charge in [0.25, 0.3) is 0 Å². The summed E-state index contributed by atoms with van der Waals surface area (Å²) >= 11 is 1.72. The largest absolute Gasteiger partial charge is 0.316 e. The molecule has 1 aromatic carbocycles. The number of aromatic nitrogens is 2. The second kappa shape index (κ2) is 5.81. The normalized spacial score (nSPS) is 10.6. The Kier molecular flexibility index (Phi) is 3.71. The van der Waals surface area contributed by atoms with Crippen LogP contribution in [0.25, 0.3) is 5.52 Å². The first-order valence-electron chi connectivity index (χ1n) is 6.37. The van der Waals surface area contributed by atoms with Crippen molar-refractivity contribution in [2.24, 2.45) is 0 Å². The molecule has 98 valence electrons. The van der Waals surface area contributed by atoms with Crippen LogP contribution in [0.4, 0.5) is 0 Å². The summed E-state index contributed by atoms with van der Waals surface area (Å²) in [5.74, 6) is 0.895. The smallest absolute Gasteiger partial charge is 0.120 e. The predicted octanol–water partition coefficient (Wildman–Crippen LogP) is 3.69. The van der Waals surface area contributed by atoms with E-state index in [1.54, 1.807) is 18.0 Å². The molecule has 2 heterocycles. The third-order valence-corrected chi connectivity index (χ3v) is 4.17. The van der Waals surface area contributed by atoms with Gasteiger partial charge < -0.3 is 4.40 Å². The Hall–Kier alpha value is -2.25. The van der Waals surface area contributed by atoms with E-state index in [0.29, 0.717) is 6.42 Å². The Balaban J connectivity index is 1.87. The first kappa shape index (κ1) is 12.8. The van der Waals surface area contributed by atoms with Gasteiger partial charge in [0.2, 0.25) is 0 Å². The molecule has 20 heavy (non-hydrogen) atoms. The molecule has 0 spiro atoms. The minimum atomic E-state index is 0.418. The molecule has 2 aromatic heterocycles. The maximum absolute atomic E-state index is 8.83. The molecular formula is C16H13N3S. The minimum absolute atomic E-state index is 0.418. The molecular weight excluding hydrogens is 266 g/mol. The van der Waals surface area contributed by atoms with Crippen LogP contribution in [0.3, 0.4) is 0 Å². The summed E-state index contributed by atoms with van der Waals surface area (Å²) in [4.78, 5) is 4.45. The summed E-state index contributed by atoms with van der Waals surface area (Å²) < 4.78 is 2.05. The van der Waals surface area contributed by atoms with Gasteiger partial charge in [0.1, 0.15) is 5.03 Å². The zero-order valence-electron chi connectivity index (χ0n) is 10.9. The molecule has 0 amide bonds. The number of nitriles is 1. The summed E-state index contributed by atoms with van der Waals surface area (Å²) in [6, 6.07) is 16.6. The lowest BCUT2D eigenvalue weighted by Crippen LogP contribution is -1.94. The fourth-order valence-electron chi connectivity index (χ4n) is 2.14. The van der Waals surface area contributed by atoms with Gasteiger partial charge in [-0.25, -0.2) is 4.98 Å². The Morgan fingerprint density at radius 2 is 2.00 bits per heavy atom. The van der Waals surface area contributed by atoms with Crippen LogP contribution in [0.2, 0.25) is 0 Å². The van der Waals surface area contributed by atoms with Crippen molar-refractivity contribution in [1.82, 2.24) is 9.38 Å². The summed E-state index contributed by atoms with van der Waals surface area (Å²) in [5, 5.41) is 9.84. The summed E-state index contributed by atoms with van der Waals surface area (Å²) in [5.41, 5.74) is 3.36. The first-order chi connectivity index (χ1) is 9.88. The zero-order valence-corrected chi connectivity index (χ0v) is 11.7. The summed E-state index contributed by atoms with van der Waals surface area (Å²) in [6.07, 6.45) is 4.12. The third-order valence-electron chi connectivity index (χ3n) is 3.11. The number of fused-ring (bicyclic) bond motifs is 1. The SMILES string of the molecule is N#CCc1ccc2c(SCc3ccccc3)nccn12. The fourth-order valence-corrected chi connectivity index (χ4v) is 3.08. The van der Waals surface area contributed by atoms with E-state index in [1.807, 2.05) is 40.9 Å². The highest BCUT2D eigenvalue weighted by molar-refractivity contribution is 7.98. The molecule has 0 fully saturated rings. The molecule has 3 aromatic rings. The summed E-state index contributed by atoms with van der Waals surface area (Å²) in [6.45, 7) is 0. The van der Waals surface area contributed by atoms with E-state index >= 15 is 0 Å². The van der Waals surface area contributed by atoms with E-state index < -0.39 is 0 Å². The van der Waals surface area contributed by atoms with Crippen molar-refractivity contribution < 1.29 is 0 Å². The zero-order chi connectivity index (χ0) is 13.8. The number of benzene rings is 1. The van der Waals surface area contributed by atoms with Crippen molar-refractivity contribution in [2.75, 3.05) is 0 Å². The van der Waals surface area contributed by atoms with Gasteiger partial charge in [-0.05, 0) is 17.7 Å². The topological polar surface area (TPSA) is 41.1 Å². The highest BCUT2D eigenvalue weighted by Gasteiger charge is 2.07. The Morgan fingerprint density at radius 1 is 1.15 bits per heavy atom. The molecule has 3 nitrogen and oxygen atoms in total. The van der Waals surface area contributed by atoms with E-state index in [1.165, 1.54) is 5.56 Å². The van der Waals surface area contributed by atoms with Crippen molar-refractivity contribution in [3.8, 4) is 6.07 Å². The molecule has 0 aliphatic rings. The monoisotopic (exact) mass is 279 g/mol. The maximum Gasteiger partial charge on any atom is 0.120 e. The molecule has 0 aliphatic carbocycles. The van der Waals surface area contributed by atoms with E-state index in [-0.39, 0.29) is 0 Å². The second-order valence-corrected chi connectivity index (χ2v) is 5.39. The molecule has 0 N–H and O–H groups in total. The number of hydrogen-bond donors (Lipinski definition) is 0. The average Bonchev–Trinajstić information content (AvgIpc) is 2.91. The van der Waals surface area contributed by atoms with Gasteiger partial charge in [-0.1, -0.05) is 42.1 Å². The van der Waals surface area contributed by atoms with Gasteiger partial charge >= 0.3 is 0 Å². The molecule has 0 bridgehead atoms. The van der Waals surface area contributed by atoms with Gasteiger partial charge in [0.05, 0.1) is 18.0 Å². The summed E-state index contributed by atoms with van der Waals surface area (Å²) in [7, 11) is 0. The molecule has 0 atom stereocenters. The Labute approximate surface area is 121 Å². The van der Waals surface area contributed by atoms with Crippen LogP contribution in [-0.4, -0.2) is 9.38 Å².